The lowest BCUT2D eigenvalue weighted by atomic mass is 9.95. The number of hydrogen-bond donors (Lipinski definition) is 5. The number of aliphatic hydroxyl groups is 5. The van der Waals surface area contributed by atoms with E-state index in [1.165, 1.54) is 4.68 Å². The van der Waals surface area contributed by atoms with Crippen molar-refractivity contribution in [3.8, 4) is 0 Å². The van der Waals surface area contributed by atoms with Gasteiger partial charge in [-0.15, -0.1) is 0 Å². The summed E-state index contributed by atoms with van der Waals surface area (Å²) in [7, 11) is 1.56. The van der Waals surface area contributed by atoms with Gasteiger partial charge in [0.25, 0.3) is 5.79 Å². The lowest BCUT2D eigenvalue weighted by Crippen LogP contribution is -2.47. The van der Waals surface area contributed by atoms with Crippen LogP contribution in [-0.2, 0) is 12.8 Å². The van der Waals surface area contributed by atoms with Crippen LogP contribution >= 0.6 is 0 Å². The molecule has 25 heavy (non-hydrogen) atoms. The molecule has 0 spiro atoms. The second kappa shape index (κ2) is 5.85. The van der Waals surface area contributed by atoms with E-state index in [4.69, 9.17) is 0 Å². The zero-order valence-electron chi connectivity index (χ0n) is 14.4. The van der Waals surface area contributed by atoms with E-state index in [1.807, 2.05) is 4.90 Å². The van der Waals surface area contributed by atoms with Crippen molar-refractivity contribution < 1.29 is 25.5 Å². The second-order valence-electron chi connectivity index (χ2n) is 6.89. The van der Waals surface area contributed by atoms with Crippen LogP contribution in [0.25, 0.3) is 11.0 Å². The number of piperidine rings is 1. The highest BCUT2D eigenvalue weighted by atomic mass is 16.6. The molecule has 1 aliphatic heterocycles. The number of aryl methyl sites for hydroxylation is 2. The van der Waals surface area contributed by atoms with E-state index in [0.717, 1.165) is 6.42 Å². The molecule has 1 atom stereocenters. The van der Waals surface area contributed by atoms with Gasteiger partial charge in [-0.05, 0) is 26.7 Å². The van der Waals surface area contributed by atoms with Crippen LogP contribution in [0.3, 0.4) is 0 Å². The molecule has 0 aromatic carbocycles. The van der Waals surface area contributed by atoms with Gasteiger partial charge in [0.1, 0.15) is 17.3 Å². The summed E-state index contributed by atoms with van der Waals surface area (Å²) in [5, 5.41) is 53.6. The van der Waals surface area contributed by atoms with Crippen LogP contribution in [0.1, 0.15) is 31.3 Å². The van der Waals surface area contributed by atoms with E-state index in [-0.39, 0.29) is 11.1 Å². The van der Waals surface area contributed by atoms with Crippen molar-refractivity contribution in [3.05, 3.63) is 11.5 Å². The molecule has 2 aromatic heterocycles. The van der Waals surface area contributed by atoms with Gasteiger partial charge in [-0.1, -0.05) is 0 Å². The minimum atomic E-state index is -2.98. The molecule has 0 saturated carbocycles. The Hall–Kier alpha value is -1.85. The van der Waals surface area contributed by atoms with E-state index in [0.29, 0.717) is 36.8 Å². The highest BCUT2D eigenvalue weighted by molar-refractivity contribution is 5.90. The Labute approximate surface area is 144 Å². The lowest BCUT2D eigenvalue weighted by molar-refractivity contribution is -0.299. The predicted molar refractivity (Wildman–Crippen MR) is 87.5 cm³/mol. The van der Waals surface area contributed by atoms with Crippen LogP contribution in [0, 0.1) is 6.92 Å². The first-order valence-corrected chi connectivity index (χ1v) is 8.03. The summed E-state index contributed by atoms with van der Waals surface area (Å²) in [5.74, 6) is -2.16. The molecule has 0 unspecified atom stereocenters. The molecule has 3 rings (SSSR count). The molecule has 1 aliphatic rings. The molecule has 0 amide bonds. The summed E-state index contributed by atoms with van der Waals surface area (Å²) < 4.78 is 1.33. The van der Waals surface area contributed by atoms with E-state index in [2.05, 4.69) is 15.1 Å². The first-order chi connectivity index (χ1) is 11.5. The normalized spacial score (nSPS) is 22.2. The minimum absolute atomic E-state index is 0.212. The smallest absolute Gasteiger partial charge is 0.262 e. The standard InChI is InChI=1S/C15H23N5O5/c1-8-16-11-9(10(18-19(11)3)15(24,25)13(21)22)12(17-8)20-6-4-5-14(2,23)7-20/h13,21-25H,4-7H2,1-3H3/t14-/m0/s1. The molecule has 0 aliphatic carbocycles. The number of fused-ring (bicyclic) bond motifs is 1. The van der Waals surface area contributed by atoms with Gasteiger partial charge in [0.15, 0.2) is 5.65 Å². The number of β-amino-alcohol motifs (C(OH)–C–C–N with tert-alkyl or cyclic N) is 1. The lowest BCUT2D eigenvalue weighted by Gasteiger charge is -2.38. The molecule has 2 aromatic rings. The Bertz CT molecular complexity index is 801. The van der Waals surface area contributed by atoms with Crippen LogP contribution in [0.4, 0.5) is 5.82 Å². The third-order valence-electron chi connectivity index (χ3n) is 4.46. The maximum atomic E-state index is 10.4. The highest BCUT2D eigenvalue weighted by Gasteiger charge is 2.41. The summed E-state index contributed by atoms with van der Waals surface area (Å²) in [6.45, 7) is 4.35. The summed E-state index contributed by atoms with van der Waals surface area (Å²) in [6.07, 6.45) is -1.07. The van der Waals surface area contributed by atoms with Gasteiger partial charge in [-0.2, -0.15) is 5.10 Å². The van der Waals surface area contributed by atoms with E-state index in [1.54, 1.807) is 20.9 Å². The molecule has 1 saturated heterocycles. The molecular formula is C15H23N5O5. The summed E-state index contributed by atoms with van der Waals surface area (Å²) in [4.78, 5) is 10.5. The van der Waals surface area contributed by atoms with Gasteiger partial charge in [0.2, 0.25) is 6.29 Å². The number of rotatable bonds is 3. The molecule has 10 nitrogen and oxygen atoms in total. The number of hydrogen-bond acceptors (Lipinski definition) is 9. The number of aromatic nitrogens is 4. The van der Waals surface area contributed by atoms with Crippen LogP contribution in [-0.4, -0.2) is 70.3 Å². The largest absolute Gasteiger partial charge is 0.388 e. The SMILES string of the molecule is Cc1nc(N2CCC[C@](C)(O)C2)c2c(C(O)(O)C(O)O)nn(C)c2n1. The van der Waals surface area contributed by atoms with Gasteiger partial charge >= 0.3 is 0 Å². The zero-order valence-corrected chi connectivity index (χ0v) is 14.4. The Kier molecular flexibility index (Phi) is 4.20. The molecule has 1 fully saturated rings. The Balaban J connectivity index is 2.24. The summed E-state index contributed by atoms with van der Waals surface area (Å²) in [6, 6.07) is 0. The average Bonchev–Trinajstić information content (AvgIpc) is 2.83. The maximum absolute atomic E-state index is 10.4. The fourth-order valence-electron chi connectivity index (χ4n) is 3.25. The molecule has 10 heteroatoms. The fraction of sp³-hybridized carbons (Fsp3) is 0.667. The van der Waals surface area contributed by atoms with Gasteiger partial charge in [-0.3, -0.25) is 0 Å². The van der Waals surface area contributed by atoms with Gasteiger partial charge in [0.05, 0.1) is 11.0 Å². The number of anilines is 1. The number of aliphatic hydroxyl groups excluding tert-OH is 1. The fourth-order valence-corrected chi connectivity index (χ4v) is 3.25. The highest BCUT2D eigenvalue weighted by Crippen LogP contribution is 2.35. The summed E-state index contributed by atoms with van der Waals surface area (Å²) in [5.41, 5.74) is -0.922. The van der Waals surface area contributed by atoms with E-state index >= 15 is 0 Å². The van der Waals surface area contributed by atoms with E-state index < -0.39 is 17.7 Å². The van der Waals surface area contributed by atoms with Crippen molar-refractivity contribution in [1.29, 1.82) is 0 Å². The van der Waals surface area contributed by atoms with Crippen molar-refractivity contribution in [2.24, 2.45) is 7.05 Å². The first-order valence-electron chi connectivity index (χ1n) is 8.03. The quantitative estimate of drug-likeness (QED) is 0.414. The Morgan fingerprint density at radius 2 is 1.92 bits per heavy atom. The van der Waals surface area contributed by atoms with Crippen molar-refractivity contribution >= 4 is 16.9 Å². The molecule has 3 heterocycles. The van der Waals surface area contributed by atoms with Crippen molar-refractivity contribution in [3.63, 3.8) is 0 Å². The summed E-state index contributed by atoms with van der Waals surface area (Å²) >= 11 is 0. The zero-order chi connectivity index (χ0) is 18.6. The van der Waals surface area contributed by atoms with Gasteiger partial charge < -0.3 is 30.4 Å². The number of nitrogens with zero attached hydrogens (tertiary/aromatic N) is 5. The third kappa shape index (κ3) is 3.07. The molecule has 138 valence electrons. The average molecular weight is 353 g/mol. The third-order valence-corrected chi connectivity index (χ3v) is 4.46. The topological polar surface area (TPSA) is 148 Å². The van der Waals surface area contributed by atoms with Crippen LogP contribution in [0.2, 0.25) is 0 Å². The van der Waals surface area contributed by atoms with Crippen molar-refractivity contribution in [2.45, 2.75) is 44.4 Å². The first kappa shape index (κ1) is 18.0. The van der Waals surface area contributed by atoms with Gasteiger partial charge in [-0.25, -0.2) is 14.6 Å². The molecule has 5 N–H and O–H groups in total. The molecule has 0 radical (unpaired) electrons. The van der Waals surface area contributed by atoms with Crippen molar-refractivity contribution in [2.75, 3.05) is 18.0 Å². The van der Waals surface area contributed by atoms with Crippen LogP contribution in [0.15, 0.2) is 0 Å². The molecular weight excluding hydrogens is 330 g/mol. The van der Waals surface area contributed by atoms with Gasteiger partial charge in [0, 0.05) is 20.1 Å². The molecule has 0 bridgehead atoms. The van der Waals surface area contributed by atoms with E-state index in [9.17, 15) is 25.5 Å². The monoisotopic (exact) mass is 353 g/mol. The van der Waals surface area contributed by atoms with Crippen LogP contribution in [0.5, 0.6) is 0 Å². The minimum Gasteiger partial charge on any atom is -0.388 e. The van der Waals surface area contributed by atoms with Crippen molar-refractivity contribution in [1.82, 2.24) is 19.7 Å². The van der Waals surface area contributed by atoms with Crippen LogP contribution < -0.4 is 4.90 Å². The Morgan fingerprint density at radius 1 is 1.24 bits per heavy atom. The Morgan fingerprint density at radius 3 is 2.52 bits per heavy atom. The second-order valence-corrected chi connectivity index (χ2v) is 6.89. The predicted octanol–water partition coefficient (Wildman–Crippen LogP) is -1.53. The maximum Gasteiger partial charge on any atom is 0.262 e.